The molecule has 104 valence electrons. The van der Waals surface area contributed by atoms with E-state index in [0.29, 0.717) is 22.3 Å². The summed E-state index contributed by atoms with van der Waals surface area (Å²) >= 11 is 0. The van der Waals surface area contributed by atoms with Gasteiger partial charge in [-0.05, 0) is 42.8 Å². The van der Waals surface area contributed by atoms with Crippen molar-refractivity contribution in [2.24, 2.45) is 0 Å². The quantitative estimate of drug-likeness (QED) is 0.705. The van der Waals surface area contributed by atoms with E-state index in [-0.39, 0.29) is 11.7 Å². The van der Waals surface area contributed by atoms with Gasteiger partial charge in [-0.3, -0.25) is 9.78 Å². The summed E-state index contributed by atoms with van der Waals surface area (Å²) in [7, 11) is 0. The highest BCUT2D eigenvalue weighted by atomic mass is 16.3. The van der Waals surface area contributed by atoms with E-state index in [2.05, 4.69) is 10.3 Å². The Kier molecular flexibility index (Phi) is 3.28. The van der Waals surface area contributed by atoms with Crippen LogP contribution >= 0.6 is 0 Å². The van der Waals surface area contributed by atoms with Gasteiger partial charge in [-0.2, -0.15) is 0 Å². The zero-order valence-electron chi connectivity index (χ0n) is 11.5. The van der Waals surface area contributed by atoms with Crippen LogP contribution in [-0.2, 0) is 0 Å². The van der Waals surface area contributed by atoms with Crippen LogP contribution in [-0.4, -0.2) is 16.0 Å². The molecule has 0 radical (unpaired) electrons. The van der Waals surface area contributed by atoms with Gasteiger partial charge in [0.15, 0.2) is 0 Å². The van der Waals surface area contributed by atoms with Crippen molar-refractivity contribution in [2.75, 3.05) is 5.32 Å². The van der Waals surface area contributed by atoms with E-state index in [1.54, 1.807) is 37.4 Å². The van der Waals surface area contributed by atoms with E-state index < -0.39 is 0 Å². The van der Waals surface area contributed by atoms with Crippen LogP contribution in [0.2, 0.25) is 0 Å². The molecular weight excluding hydrogens is 264 g/mol. The Labute approximate surface area is 122 Å². The van der Waals surface area contributed by atoms with Crippen LogP contribution in [0.25, 0.3) is 10.9 Å². The van der Waals surface area contributed by atoms with Gasteiger partial charge in [-0.1, -0.05) is 18.2 Å². The summed E-state index contributed by atoms with van der Waals surface area (Å²) in [5, 5.41) is 13.3. The Morgan fingerprint density at radius 2 is 1.95 bits per heavy atom. The number of aromatic nitrogens is 1. The molecule has 3 aromatic rings. The van der Waals surface area contributed by atoms with Gasteiger partial charge in [0.1, 0.15) is 5.75 Å². The second-order valence-electron chi connectivity index (χ2n) is 4.84. The summed E-state index contributed by atoms with van der Waals surface area (Å²) in [6, 6.07) is 14.2. The standard InChI is InChI=1S/C17H14N2O2/c1-11-10-13(7-8-15(11)20)19-17(21)14-6-2-4-12-5-3-9-18-16(12)14/h2-10,20H,1H3,(H,19,21). The number of amides is 1. The molecule has 0 saturated carbocycles. The lowest BCUT2D eigenvalue weighted by atomic mass is 10.1. The minimum atomic E-state index is -0.218. The maximum absolute atomic E-state index is 12.4. The summed E-state index contributed by atoms with van der Waals surface area (Å²) in [5.41, 5.74) is 2.55. The van der Waals surface area contributed by atoms with Gasteiger partial charge < -0.3 is 10.4 Å². The molecule has 21 heavy (non-hydrogen) atoms. The molecule has 1 heterocycles. The molecule has 0 spiro atoms. The predicted molar refractivity (Wildman–Crippen MR) is 82.5 cm³/mol. The number of carbonyl (C=O) groups excluding carboxylic acids is 1. The molecule has 0 fully saturated rings. The van der Waals surface area contributed by atoms with Crippen molar-refractivity contribution in [1.29, 1.82) is 0 Å². The molecule has 4 heteroatoms. The molecule has 0 aliphatic rings. The Morgan fingerprint density at radius 3 is 2.76 bits per heavy atom. The van der Waals surface area contributed by atoms with Crippen LogP contribution in [0.15, 0.2) is 54.7 Å². The SMILES string of the molecule is Cc1cc(NC(=O)c2cccc3cccnc23)ccc1O. The van der Waals surface area contributed by atoms with Gasteiger partial charge in [-0.15, -0.1) is 0 Å². The first-order chi connectivity index (χ1) is 10.1. The van der Waals surface area contributed by atoms with Crippen LogP contribution < -0.4 is 5.32 Å². The summed E-state index contributed by atoms with van der Waals surface area (Å²) in [5.74, 6) is -0.00998. The third-order valence-electron chi connectivity index (χ3n) is 3.33. The molecule has 2 aromatic carbocycles. The maximum atomic E-state index is 12.4. The van der Waals surface area contributed by atoms with E-state index in [0.717, 1.165) is 5.39 Å². The van der Waals surface area contributed by atoms with Crippen molar-refractivity contribution in [3.63, 3.8) is 0 Å². The Hall–Kier alpha value is -2.88. The highest BCUT2D eigenvalue weighted by molar-refractivity contribution is 6.11. The highest BCUT2D eigenvalue weighted by Crippen LogP contribution is 2.22. The number of aryl methyl sites for hydroxylation is 1. The average Bonchev–Trinajstić information content (AvgIpc) is 2.50. The Morgan fingerprint density at radius 1 is 1.14 bits per heavy atom. The first-order valence-electron chi connectivity index (χ1n) is 6.60. The molecule has 0 atom stereocenters. The second kappa shape index (κ2) is 5.25. The molecule has 0 aliphatic heterocycles. The van der Waals surface area contributed by atoms with E-state index in [9.17, 15) is 9.90 Å². The summed E-state index contributed by atoms with van der Waals surface area (Å²) in [6.45, 7) is 1.78. The predicted octanol–water partition coefficient (Wildman–Crippen LogP) is 3.50. The zero-order chi connectivity index (χ0) is 14.8. The van der Waals surface area contributed by atoms with Crippen molar-refractivity contribution < 1.29 is 9.90 Å². The van der Waals surface area contributed by atoms with Crippen LogP contribution in [0.5, 0.6) is 5.75 Å². The number of carbonyl (C=O) groups is 1. The minimum absolute atomic E-state index is 0.208. The number of nitrogens with one attached hydrogen (secondary N) is 1. The zero-order valence-corrected chi connectivity index (χ0v) is 11.5. The molecular formula is C17H14N2O2. The monoisotopic (exact) mass is 278 g/mol. The molecule has 0 aliphatic carbocycles. The largest absolute Gasteiger partial charge is 0.508 e. The number of aromatic hydroxyl groups is 1. The third-order valence-corrected chi connectivity index (χ3v) is 3.33. The fourth-order valence-corrected chi connectivity index (χ4v) is 2.22. The number of phenolic OH excluding ortho intramolecular Hbond substituents is 1. The van der Waals surface area contributed by atoms with E-state index in [1.165, 1.54) is 0 Å². The second-order valence-corrected chi connectivity index (χ2v) is 4.84. The lowest BCUT2D eigenvalue weighted by molar-refractivity contribution is 0.102. The molecule has 0 unspecified atom stereocenters. The van der Waals surface area contributed by atoms with E-state index >= 15 is 0 Å². The first-order valence-corrected chi connectivity index (χ1v) is 6.60. The third kappa shape index (κ3) is 2.56. The van der Waals surface area contributed by atoms with E-state index in [1.807, 2.05) is 24.3 Å². The molecule has 2 N–H and O–H groups in total. The highest BCUT2D eigenvalue weighted by Gasteiger charge is 2.11. The first kappa shape index (κ1) is 13.1. The molecule has 3 rings (SSSR count). The molecule has 0 saturated heterocycles. The van der Waals surface area contributed by atoms with Gasteiger partial charge in [0.05, 0.1) is 11.1 Å². The molecule has 0 bridgehead atoms. The van der Waals surface area contributed by atoms with Gasteiger partial charge in [-0.25, -0.2) is 0 Å². The van der Waals surface area contributed by atoms with Crippen LogP contribution in [0.4, 0.5) is 5.69 Å². The van der Waals surface area contributed by atoms with Crippen LogP contribution in [0.1, 0.15) is 15.9 Å². The van der Waals surface area contributed by atoms with E-state index in [4.69, 9.17) is 0 Å². The number of fused-ring (bicyclic) bond motifs is 1. The number of pyridine rings is 1. The lowest BCUT2D eigenvalue weighted by Crippen LogP contribution is -2.12. The Bertz CT molecular complexity index is 823. The normalized spacial score (nSPS) is 10.5. The number of rotatable bonds is 2. The summed E-state index contributed by atoms with van der Waals surface area (Å²) < 4.78 is 0. The van der Waals surface area contributed by atoms with Crippen molar-refractivity contribution in [2.45, 2.75) is 6.92 Å². The number of anilines is 1. The number of para-hydroxylation sites is 1. The Balaban J connectivity index is 1.95. The van der Waals surface area contributed by atoms with Crippen molar-refractivity contribution in [1.82, 2.24) is 4.98 Å². The molecule has 4 nitrogen and oxygen atoms in total. The fourth-order valence-electron chi connectivity index (χ4n) is 2.22. The molecule has 1 amide bonds. The number of phenols is 1. The van der Waals surface area contributed by atoms with Crippen LogP contribution in [0, 0.1) is 6.92 Å². The number of nitrogens with zero attached hydrogens (tertiary/aromatic N) is 1. The fraction of sp³-hybridized carbons (Fsp3) is 0.0588. The number of hydrogen-bond donors (Lipinski definition) is 2. The van der Waals surface area contributed by atoms with Gasteiger partial charge in [0.2, 0.25) is 0 Å². The topological polar surface area (TPSA) is 62.2 Å². The smallest absolute Gasteiger partial charge is 0.257 e. The molecule has 1 aromatic heterocycles. The minimum Gasteiger partial charge on any atom is -0.508 e. The number of hydrogen-bond acceptors (Lipinski definition) is 3. The van der Waals surface area contributed by atoms with Crippen molar-refractivity contribution in [3.8, 4) is 5.75 Å². The van der Waals surface area contributed by atoms with Gasteiger partial charge in [0, 0.05) is 17.3 Å². The number of benzene rings is 2. The summed E-state index contributed by atoms with van der Waals surface area (Å²) in [4.78, 5) is 16.7. The summed E-state index contributed by atoms with van der Waals surface area (Å²) in [6.07, 6.45) is 1.67. The van der Waals surface area contributed by atoms with Crippen LogP contribution in [0.3, 0.4) is 0 Å². The lowest BCUT2D eigenvalue weighted by Gasteiger charge is -2.08. The van der Waals surface area contributed by atoms with Crippen molar-refractivity contribution in [3.05, 3.63) is 65.9 Å². The maximum Gasteiger partial charge on any atom is 0.257 e. The van der Waals surface area contributed by atoms with Gasteiger partial charge in [0.25, 0.3) is 5.91 Å². The van der Waals surface area contributed by atoms with Crippen molar-refractivity contribution >= 4 is 22.5 Å². The van der Waals surface area contributed by atoms with Gasteiger partial charge >= 0.3 is 0 Å². The average molecular weight is 278 g/mol.